The van der Waals surface area contributed by atoms with Gasteiger partial charge in [0.15, 0.2) is 17.6 Å². The monoisotopic (exact) mass is 504 g/mol. The molecule has 2 bridgehead atoms. The molecule has 0 spiro atoms. The van der Waals surface area contributed by atoms with Gasteiger partial charge in [-0.2, -0.15) is 10.1 Å². The number of ether oxygens (including phenoxy) is 3. The van der Waals surface area contributed by atoms with Gasteiger partial charge >= 0.3 is 5.97 Å². The van der Waals surface area contributed by atoms with Crippen LogP contribution >= 0.6 is 15.9 Å². The smallest absolute Gasteiger partial charge is 0.347 e. The van der Waals surface area contributed by atoms with Gasteiger partial charge in [-0.1, -0.05) is 12.2 Å². The van der Waals surface area contributed by atoms with E-state index in [4.69, 9.17) is 14.2 Å². The van der Waals surface area contributed by atoms with Gasteiger partial charge in [-0.25, -0.2) is 4.79 Å². The molecule has 1 aromatic carbocycles. The highest BCUT2D eigenvalue weighted by Crippen LogP contribution is 2.52. The maximum atomic E-state index is 12.8. The molecule has 3 aliphatic rings. The standard InChI is InChI=1S/C23H25BrN2O6/c1-4-30-17-9-15(16(24)10-18(17)32-12(3)23(29)31-5-2)11-25-26-21(27)19-13-6-7-14(8-13)20(19)22(26)28/h6-7,9-14,19-20H,4-5,8H2,1-3H3/t12-,13-,14-,19-,20+/m0/s1. The first-order chi connectivity index (χ1) is 15.3. The summed E-state index contributed by atoms with van der Waals surface area (Å²) in [6.45, 7) is 5.80. The maximum Gasteiger partial charge on any atom is 0.347 e. The highest BCUT2D eigenvalue weighted by molar-refractivity contribution is 9.10. The van der Waals surface area contributed by atoms with Crippen molar-refractivity contribution in [2.45, 2.75) is 33.3 Å². The molecule has 2 fully saturated rings. The van der Waals surface area contributed by atoms with Crippen molar-refractivity contribution in [1.82, 2.24) is 5.01 Å². The second-order valence-corrected chi connectivity index (χ2v) is 8.85. The molecule has 0 aromatic heterocycles. The Hall–Kier alpha value is -2.68. The third kappa shape index (κ3) is 3.94. The normalized spacial score (nSPS) is 26.7. The van der Waals surface area contributed by atoms with Gasteiger partial charge in [0.25, 0.3) is 11.8 Å². The van der Waals surface area contributed by atoms with Crippen molar-refractivity contribution < 1.29 is 28.6 Å². The number of rotatable bonds is 8. The summed E-state index contributed by atoms with van der Waals surface area (Å²) in [6.07, 6.45) is 5.61. The second kappa shape index (κ2) is 9.05. The van der Waals surface area contributed by atoms with Gasteiger partial charge in [-0.3, -0.25) is 9.59 Å². The van der Waals surface area contributed by atoms with Crippen LogP contribution in [-0.2, 0) is 19.1 Å². The van der Waals surface area contributed by atoms with Gasteiger partial charge in [-0.05, 0) is 67.1 Å². The van der Waals surface area contributed by atoms with Crippen LogP contribution in [0.3, 0.4) is 0 Å². The number of nitrogens with zero attached hydrogens (tertiary/aromatic N) is 2. The minimum absolute atomic E-state index is 0.135. The van der Waals surface area contributed by atoms with E-state index in [0.717, 1.165) is 11.4 Å². The predicted octanol–water partition coefficient (Wildman–Crippen LogP) is 3.32. The average molecular weight is 505 g/mol. The lowest BCUT2D eigenvalue weighted by Gasteiger charge is -2.17. The molecule has 1 heterocycles. The molecule has 0 radical (unpaired) electrons. The van der Waals surface area contributed by atoms with Gasteiger partial charge in [0.1, 0.15) is 0 Å². The number of carbonyl (C=O) groups excluding carboxylic acids is 3. The number of hydrazone groups is 1. The Balaban J connectivity index is 1.54. The van der Waals surface area contributed by atoms with E-state index in [1.54, 1.807) is 26.0 Å². The van der Waals surface area contributed by atoms with E-state index in [-0.39, 0.29) is 42.1 Å². The zero-order valence-corrected chi connectivity index (χ0v) is 19.7. The summed E-state index contributed by atoms with van der Waals surface area (Å²) < 4.78 is 17.0. The molecule has 1 saturated heterocycles. The van der Waals surface area contributed by atoms with Crippen LogP contribution in [0.5, 0.6) is 11.5 Å². The van der Waals surface area contributed by atoms with E-state index in [2.05, 4.69) is 21.0 Å². The molecule has 4 rings (SSSR count). The fraction of sp³-hybridized carbons (Fsp3) is 0.478. The van der Waals surface area contributed by atoms with Crippen LogP contribution in [0.4, 0.5) is 0 Å². The van der Waals surface area contributed by atoms with Crippen molar-refractivity contribution in [1.29, 1.82) is 0 Å². The number of hydrogen-bond donors (Lipinski definition) is 0. The van der Waals surface area contributed by atoms with E-state index in [9.17, 15) is 14.4 Å². The van der Waals surface area contributed by atoms with Crippen LogP contribution in [0.25, 0.3) is 0 Å². The van der Waals surface area contributed by atoms with Crippen molar-refractivity contribution in [3.05, 3.63) is 34.3 Å². The molecule has 1 aliphatic heterocycles. The van der Waals surface area contributed by atoms with Gasteiger partial charge in [0.05, 0.1) is 31.3 Å². The third-order valence-electron chi connectivity index (χ3n) is 6.04. The summed E-state index contributed by atoms with van der Waals surface area (Å²) in [5.74, 6) is -0.499. The minimum Gasteiger partial charge on any atom is -0.490 e. The van der Waals surface area contributed by atoms with Crippen molar-refractivity contribution in [3.8, 4) is 11.5 Å². The van der Waals surface area contributed by atoms with Crippen LogP contribution in [-0.4, -0.2) is 48.3 Å². The fourth-order valence-electron chi connectivity index (χ4n) is 4.63. The topological polar surface area (TPSA) is 94.5 Å². The van der Waals surface area contributed by atoms with E-state index in [1.807, 2.05) is 19.1 Å². The fourth-order valence-corrected chi connectivity index (χ4v) is 5.05. The largest absolute Gasteiger partial charge is 0.490 e. The van der Waals surface area contributed by atoms with E-state index < -0.39 is 12.1 Å². The molecule has 9 heteroatoms. The lowest BCUT2D eigenvalue weighted by Crippen LogP contribution is -2.28. The van der Waals surface area contributed by atoms with Crippen LogP contribution < -0.4 is 9.47 Å². The number of amides is 2. The van der Waals surface area contributed by atoms with Gasteiger partial charge in [-0.15, -0.1) is 0 Å². The van der Waals surface area contributed by atoms with Gasteiger partial charge in [0, 0.05) is 10.0 Å². The zero-order valence-electron chi connectivity index (χ0n) is 18.1. The highest BCUT2D eigenvalue weighted by atomic mass is 79.9. The Morgan fingerprint density at radius 2 is 1.81 bits per heavy atom. The second-order valence-electron chi connectivity index (χ2n) is 8.00. The summed E-state index contributed by atoms with van der Waals surface area (Å²) in [5.41, 5.74) is 0.600. The molecule has 5 atom stereocenters. The molecule has 2 aliphatic carbocycles. The molecule has 0 unspecified atom stereocenters. The number of halogens is 1. The summed E-state index contributed by atoms with van der Waals surface area (Å²) >= 11 is 3.47. The third-order valence-corrected chi connectivity index (χ3v) is 6.73. The van der Waals surface area contributed by atoms with Crippen molar-refractivity contribution >= 4 is 39.9 Å². The SMILES string of the molecule is CCOC(=O)[C@H](C)Oc1cc(Br)c(C=NN2C(=O)[C@@H]3[C@H](C2=O)[C@H]2C=C[C@H]3C2)cc1OCC. The van der Waals surface area contributed by atoms with Crippen molar-refractivity contribution in [2.75, 3.05) is 13.2 Å². The number of fused-ring (bicyclic) bond motifs is 5. The van der Waals surface area contributed by atoms with E-state index >= 15 is 0 Å². The Kier molecular flexibility index (Phi) is 6.37. The van der Waals surface area contributed by atoms with Crippen molar-refractivity contribution in [3.63, 3.8) is 0 Å². The maximum absolute atomic E-state index is 12.8. The Bertz CT molecular complexity index is 976. The van der Waals surface area contributed by atoms with Crippen LogP contribution in [0, 0.1) is 23.7 Å². The zero-order chi connectivity index (χ0) is 23.0. The minimum atomic E-state index is -0.816. The quantitative estimate of drug-likeness (QED) is 0.233. The molecular weight excluding hydrogens is 480 g/mol. The molecule has 32 heavy (non-hydrogen) atoms. The molecule has 1 saturated carbocycles. The van der Waals surface area contributed by atoms with Crippen molar-refractivity contribution in [2.24, 2.45) is 28.8 Å². The molecule has 170 valence electrons. The first kappa shape index (κ1) is 22.5. The summed E-state index contributed by atoms with van der Waals surface area (Å²) in [5, 5.41) is 5.22. The Labute approximate surface area is 194 Å². The van der Waals surface area contributed by atoms with Crippen LogP contribution in [0.15, 0.2) is 33.9 Å². The number of esters is 1. The number of carbonyl (C=O) groups is 3. The Morgan fingerprint density at radius 1 is 1.16 bits per heavy atom. The average Bonchev–Trinajstić information content (AvgIpc) is 3.44. The molecule has 0 N–H and O–H groups in total. The number of allylic oxidation sites excluding steroid dienone is 2. The summed E-state index contributed by atoms with van der Waals surface area (Å²) in [6, 6.07) is 3.34. The molecule has 2 amide bonds. The number of benzene rings is 1. The molecule has 1 aromatic rings. The van der Waals surface area contributed by atoms with Crippen LogP contribution in [0.2, 0.25) is 0 Å². The lowest BCUT2D eigenvalue weighted by atomic mass is 9.85. The highest BCUT2D eigenvalue weighted by Gasteiger charge is 2.59. The van der Waals surface area contributed by atoms with E-state index in [1.165, 1.54) is 6.21 Å². The predicted molar refractivity (Wildman–Crippen MR) is 119 cm³/mol. The number of hydrogen-bond acceptors (Lipinski definition) is 7. The lowest BCUT2D eigenvalue weighted by molar-refractivity contribution is -0.150. The molecular formula is C23H25BrN2O6. The molecule has 8 nitrogen and oxygen atoms in total. The van der Waals surface area contributed by atoms with Gasteiger partial charge in [0.2, 0.25) is 0 Å². The first-order valence-corrected chi connectivity index (χ1v) is 11.5. The summed E-state index contributed by atoms with van der Waals surface area (Å²) in [7, 11) is 0. The first-order valence-electron chi connectivity index (χ1n) is 10.7. The van der Waals surface area contributed by atoms with Crippen LogP contribution in [0.1, 0.15) is 32.8 Å². The van der Waals surface area contributed by atoms with Gasteiger partial charge < -0.3 is 14.2 Å². The summed E-state index contributed by atoms with van der Waals surface area (Å²) in [4.78, 5) is 37.5. The van der Waals surface area contributed by atoms with E-state index in [0.29, 0.717) is 28.1 Å². The number of imide groups is 1. The Morgan fingerprint density at radius 3 is 2.41 bits per heavy atom.